The summed E-state index contributed by atoms with van der Waals surface area (Å²) in [6, 6.07) is 2.82. The Balaban J connectivity index is 3.48. The van der Waals surface area contributed by atoms with Gasteiger partial charge >= 0.3 is 0 Å². The van der Waals surface area contributed by atoms with E-state index in [9.17, 15) is 22.9 Å². The van der Waals surface area contributed by atoms with Gasteiger partial charge in [0.2, 0.25) is 10.0 Å². The summed E-state index contributed by atoms with van der Waals surface area (Å²) in [6.45, 7) is 1.34. The van der Waals surface area contributed by atoms with Crippen molar-refractivity contribution in [3.05, 3.63) is 39.7 Å². The van der Waals surface area contributed by atoms with Crippen molar-refractivity contribution in [3.8, 4) is 0 Å². The topological polar surface area (TPSA) is 127 Å². The molecule has 0 spiro atoms. The minimum Gasteiger partial charge on any atom is -0.376 e. The van der Waals surface area contributed by atoms with Crippen molar-refractivity contribution in [2.24, 2.45) is 5.73 Å². The lowest BCUT2D eigenvalue weighted by atomic mass is 9.93. The van der Waals surface area contributed by atoms with E-state index in [1.54, 1.807) is 0 Å². The Morgan fingerprint density at radius 1 is 1.55 bits per heavy atom. The van der Waals surface area contributed by atoms with Gasteiger partial charge in [0.1, 0.15) is 5.82 Å². The van der Waals surface area contributed by atoms with Crippen LogP contribution in [0.1, 0.15) is 12.5 Å². The standard InChI is InChI=1S/C11H15FN4O4S2/c1-11(15-10(13)21,6-22(19,20)14-2)8-5-7(16(17)18)3-4-9(8)12/h3-5,14H,6H2,1-2H3,(H3,13,15,21)/t11-/m0/s1. The van der Waals surface area contributed by atoms with Gasteiger partial charge in [-0.1, -0.05) is 0 Å². The Hall–Kier alpha value is -1.85. The molecule has 8 nitrogen and oxygen atoms in total. The molecule has 1 atom stereocenters. The number of nitrogens with two attached hydrogens (primary N) is 1. The zero-order chi connectivity index (χ0) is 17.1. The molecular formula is C11H15FN4O4S2. The smallest absolute Gasteiger partial charge is 0.269 e. The third kappa shape index (κ3) is 4.32. The maximum Gasteiger partial charge on any atom is 0.269 e. The van der Waals surface area contributed by atoms with E-state index in [1.165, 1.54) is 14.0 Å². The Kier molecular flexibility index (Phi) is 5.38. The van der Waals surface area contributed by atoms with Crippen molar-refractivity contribution in [1.29, 1.82) is 0 Å². The van der Waals surface area contributed by atoms with Crippen LogP contribution >= 0.6 is 12.2 Å². The van der Waals surface area contributed by atoms with Crippen molar-refractivity contribution in [2.75, 3.05) is 12.8 Å². The summed E-state index contributed by atoms with van der Waals surface area (Å²) in [6.07, 6.45) is 0. The first-order valence-electron chi connectivity index (χ1n) is 5.94. The largest absolute Gasteiger partial charge is 0.376 e. The third-order valence-electron chi connectivity index (χ3n) is 2.94. The van der Waals surface area contributed by atoms with Gasteiger partial charge in [0.25, 0.3) is 5.69 Å². The number of nitro benzene ring substituents is 1. The molecule has 0 aromatic heterocycles. The molecule has 0 radical (unpaired) electrons. The summed E-state index contributed by atoms with van der Waals surface area (Å²) >= 11 is 4.69. The predicted molar refractivity (Wildman–Crippen MR) is 83.2 cm³/mol. The molecule has 4 N–H and O–H groups in total. The zero-order valence-corrected chi connectivity index (χ0v) is 13.4. The van der Waals surface area contributed by atoms with Crippen LogP contribution < -0.4 is 15.8 Å². The van der Waals surface area contributed by atoms with Crippen LogP contribution in [0.25, 0.3) is 0 Å². The number of nitrogens with one attached hydrogen (secondary N) is 2. The van der Waals surface area contributed by atoms with E-state index in [-0.39, 0.29) is 16.4 Å². The SMILES string of the molecule is CNS(=O)(=O)C[C@](C)(NC(N)=S)c1cc([N+](=O)[O-])ccc1F. The Morgan fingerprint density at radius 3 is 2.59 bits per heavy atom. The van der Waals surface area contributed by atoms with E-state index in [4.69, 9.17) is 18.0 Å². The quantitative estimate of drug-likeness (QED) is 0.383. The van der Waals surface area contributed by atoms with Gasteiger partial charge in [-0.15, -0.1) is 0 Å². The monoisotopic (exact) mass is 350 g/mol. The van der Waals surface area contributed by atoms with Gasteiger partial charge in [-0.05, 0) is 32.3 Å². The van der Waals surface area contributed by atoms with Gasteiger partial charge in [-0.3, -0.25) is 10.1 Å². The fourth-order valence-electron chi connectivity index (χ4n) is 1.95. The van der Waals surface area contributed by atoms with E-state index in [1.807, 2.05) is 0 Å². The second kappa shape index (κ2) is 6.50. The second-order valence-corrected chi connectivity index (χ2v) is 7.07. The molecule has 122 valence electrons. The summed E-state index contributed by atoms with van der Waals surface area (Å²) in [4.78, 5) is 10.1. The van der Waals surface area contributed by atoms with Gasteiger partial charge in [-0.2, -0.15) is 0 Å². The molecule has 22 heavy (non-hydrogen) atoms. The molecule has 0 unspecified atom stereocenters. The van der Waals surface area contributed by atoms with Crippen LogP contribution in [0.2, 0.25) is 0 Å². The Labute approximate surface area is 132 Å². The molecule has 0 aliphatic carbocycles. The summed E-state index contributed by atoms with van der Waals surface area (Å²) in [5, 5.41) is 13.1. The zero-order valence-electron chi connectivity index (χ0n) is 11.8. The number of halogens is 1. The highest BCUT2D eigenvalue weighted by atomic mass is 32.2. The van der Waals surface area contributed by atoms with E-state index >= 15 is 0 Å². The first-order valence-corrected chi connectivity index (χ1v) is 8.00. The number of nitrogens with zero attached hydrogens (tertiary/aromatic N) is 1. The van der Waals surface area contributed by atoms with Crippen LogP contribution in [0.4, 0.5) is 10.1 Å². The molecule has 1 aromatic rings. The van der Waals surface area contributed by atoms with Gasteiger partial charge in [0.15, 0.2) is 5.11 Å². The van der Waals surface area contributed by atoms with Crippen molar-refractivity contribution >= 4 is 33.0 Å². The van der Waals surface area contributed by atoms with Crippen LogP contribution in [0.15, 0.2) is 18.2 Å². The fraction of sp³-hybridized carbons (Fsp3) is 0.364. The molecule has 0 aliphatic rings. The van der Waals surface area contributed by atoms with Crippen LogP contribution in [0, 0.1) is 15.9 Å². The van der Waals surface area contributed by atoms with Crippen LogP contribution in [0.5, 0.6) is 0 Å². The van der Waals surface area contributed by atoms with Gasteiger partial charge in [0.05, 0.1) is 16.2 Å². The van der Waals surface area contributed by atoms with Crippen LogP contribution in [-0.4, -0.2) is 31.3 Å². The minimum atomic E-state index is -3.78. The number of hydrogen-bond donors (Lipinski definition) is 3. The van der Waals surface area contributed by atoms with Gasteiger partial charge in [0, 0.05) is 17.7 Å². The Morgan fingerprint density at radius 2 is 2.14 bits per heavy atom. The lowest BCUT2D eigenvalue weighted by molar-refractivity contribution is -0.385. The van der Waals surface area contributed by atoms with E-state index in [0.717, 1.165) is 18.2 Å². The van der Waals surface area contributed by atoms with Gasteiger partial charge < -0.3 is 11.1 Å². The van der Waals surface area contributed by atoms with Crippen LogP contribution in [-0.2, 0) is 15.6 Å². The maximum atomic E-state index is 14.1. The highest BCUT2D eigenvalue weighted by Crippen LogP contribution is 2.28. The highest BCUT2D eigenvalue weighted by Gasteiger charge is 2.36. The molecule has 0 saturated carbocycles. The lowest BCUT2D eigenvalue weighted by Crippen LogP contribution is -2.52. The van der Waals surface area contributed by atoms with Crippen molar-refractivity contribution in [3.63, 3.8) is 0 Å². The number of sulfonamides is 1. The molecule has 0 saturated heterocycles. The number of thiocarbonyl (C=S) groups is 1. The first kappa shape index (κ1) is 18.2. The summed E-state index contributed by atoms with van der Waals surface area (Å²) in [5.74, 6) is -1.44. The summed E-state index contributed by atoms with van der Waals surface area (Å²) < 4.78 is 39.8. The van der Waals surface area contributed by atoms with Crippen molar-refractivity contribution in [1.82, 2.24) is 10.0 Å². The number of hydrogen-bond acceptors (Lipinski definition) is 5. The molecule has 11 heteroatoms. The average molecular weight is 350 g/mol. The molecule has 0 fully saturated rings. The van der Waals surface area contributed by atoms with E-state index in [0.29, 0.717) is 0 Å². The molecule has 0 aliphatic heterocycles. The Bertz CT molecular complexity index is 710. The number of non-ortho nitro benzene ring substituents is 1. The molecule has 1 rings (SSSR count). The van der Waals surface area contributed by atoms with E-state index in [2.05, 4.69) is 10.0 Å². The third-order valence-corrected chi connectivity index (χ3v) is 4.63. The number of rotatable bonds is 6. The fourth-order valence-corrected chi connectivity index (χ4v) is 3.31. The minimum absolute atomic E-state index is 0.228. The number of nitro groups is 1. The summed E-state index contributed by atoms with van der Waals surface area (Å²) in [5.41, 5.74) is 3.18. The van der Waals surface area contributed by atoms with E-state index < -0.39 is 32.1 Å². The average Bonchev–Trinajstić information content (AvgIpc) is 2.37. The molecule has 0 amide bonds. The van der Waals surface area contributed by atoms with Gasteiger partial charge in [-0.25, -0.2) is 17.5 Å². The maximum absolute atomic E-state index is 14.1. The normalized spacial score (nSPS) is 14.1. The highest BCUT2D eigenvalue weighted by molar-refractivity contribution is 7.89. The predicted octanol–water partition coefficient (Wildman–Crippen LogP) is 0.332. The second-order valence-electron chi connectivity index (χ2n) is 4.71. The molecule has 0 heterocycles. The lowest BCUT2D eigenvalue weighted by Gasteiger charge is -2.31. The first-order chi connectivity index (χ1) is 10.0. The molecular weight excluding hydrogens is 335 g/mol. The molecule has 1 aromatic carbocycles. The van der Waals surface area contributed by atoms with Crippen LogP contribution in [0.3, 0.4) is 0 Å². The summed E-state index contributed by atoms with van der Waals surface area (Å²) in [7, 11) is -2.59. The van der Waals surface area contributed by atoms with Crippen molar-refractivity contribution in [2.45, 2.75) is 12.5 Å². The van der Waals surface area contributed by atoms with Crippen molar-refractivity contribution < 1.29 is 17.7 Å². The number of benzene rings is 1. The molecule has 0 bridgehead atoms.